The fourth-order valence-corrected chi connectivity index (χ4v) is 4.24. The summed E-state index contributed by atoms with van der Waals surface area (Å²) in [5.41, 5.74) is 2.40. The highest BCUT2D eigenvalue weighted by atomic mass is 32.1. The number of nitrogens with zero attached hydrogens (tertiary/aromatic N) is 2. The summed E-state index contributed by atoms with van der Waals surface area (Å²) in [6, 6.07) is 14.7. The Morgan fingerprint density at radius 3 is 2.81 bits per heavy atom. The van der Waals surface area contributed by atoms with Crippen LogP contribution in [0.25, 0.3) is 10.1 Å². The third-order valence-corrected chi connectivity index (χ3v) is 5.88. The quantitative estimate of drug-likeness (QED) is 0.352. The molecular formula is C24H24N4O3S. The molecule has 3 heterocycles. The second kappa shape index (κ2) is 10.1. The average Bonchev–Trinajstić information content (AvgIpc) is 3.22. The molecule has 164 valence electrons. The van der Waals surface area contributed by atoms with Crippen molar-refractivity contribution in [2.45, 2.75) is 19.9 Å². The lowest BCUT2D eigenvalue weighted by Crippen LogP contribution is -2.26. The van der Waals surface area contributed by atoms with Gasteiger partial charge in [0.25, 0.3) is 5.91 Å². The Hall–Kier alpha value is -3.65. The molecule has 4 rings (SSSR count). The van der Waals surface area contributed by atoms with Crippen LogP contribution in [0.3, 0.4) is 0 Å². The molecule has 3 N–H and O–H groups in total. The third-order valence-electron chi connectivity index (χ3n) is 4.83. The van der Waals surface area contributed by atoms with E-state index in [-0.39, 0.29) is 11.7 Å². The third kappa shape index (κ3) is 5.33. The van der Waals surface area contributed by atoms with Crippen LogP contribution >= 0.6 is 11.3 Å². The SMILES string of the molecule is CCOc1ccc(CNc2cc3c(C(=O)NCCc4cccc(O)c4)nccc3s2)cn1. The summed E-state index contributed by atoms with van der Waals surface area (Å²) in [6.07, 6.45) is 4.07. The highest BCUT2D eigenvalue weighted by molar-refractivity contribution is 7.22. The van der Waals surface area contributed by atoms with Crippen LogP contribution in [0, 0.1) is 0 Å². The van der Waals surface area contributed by atoms with E-state index in [2.05, 4.69) is 20.6 Å². The van der Waals surface area contributed by atoms with Crippen molar-refractivity contribution >= 4 is 32.3 Å². The second-order valence-electron chi connectivity index (χ2n) is 7.15. The Kier molecular flexibility index (Phi) is 6.81. The van der Waals surface area contributed by atoms with Gasteiger partial charge in [-0.3, -0.25) is 9.78 Å². The maximum Gasteiger partial charge on any atom is 0.270 e. The monoisotopic (exact) mass is 448 g/mol. The molecule has 0 spiro atoms. The maximum atomic E-state index is 12.7. The summed E-state index contributed by atoms with van der Waals surface area (Å²) in [5, 5.41) is 17.6. The summed E-state index contributed by atoms with van der Waals surface area (Å²) >= 11 is 1.58. The normalized spacial score (nSPS) is 10.8. The molecule has 1 amide bonds. The van der Waals surface area contributed by atoms with E-state index in [1.165, 1.54) is 0 Å². The lowest BCUT2D eigenvalue weighted by molar-refractivity contribution is 0.0951. The average molecular weight is 449 g/mol. The van der Waals surface area contributed by atoms with Crippen LogP contribution < -0.4 is 15.4 Å². The van der Waals surface area contributed by atoms with Crippen molar-refractivity contribution in [3.63, 3.8) is 0 Å². The molecule has 3 aromatic heterocycles. The van der Waals surface area contributed by atoms with Crippen LogP contribution in [0.5, 0.6) is 11.6 Å². The van der Waals surface area contributed by atoms with Crippen LogP contribution in [0.1, 0.15) is 28.5 Å². The number of hydrogen-bond acceptors (Lipinski definition) is 7. The number of pyridine rings is 2. The predicted octanol–water partition coefficient (Wildman–Crippen LogP) is 4.38. The minimum Gasteiger partial charge on any atom is -0.508 e. The summed E-state index contributed by atoms with van der Waals surface area (Å²) in [6.45, 7) is 3.59. The molecule has 0 aliphatic rings. The molecule has 0 aliphatic heterocycles. The molecule has 0 saturated heterocycles. The number of ether oxygens (including phenoxy) is 1. The lowest BCUT2D eigenvalue weighted by atomic mass is 10.1. The number of phenols is 1. The van der Waals surface area contributed by atoms with Gasteiger partial charge in [0.1, 0.15) is 11.4 Å². The summed E-state index contributed by atoms with van der Waals surface area (Å²) in [4.78, 5) is 21.3. The van der Waals surface area contributed by atoms with Crippen molar-refractivity contribution in [2.75, 3.05) is 18.5 Å². The summed E-state index contributed by atoms with van der Waals surface area (Å²) in [7, 11) is 0. The van der Waals surface area contributed by atoms with Crippen LogP contribution in [-0.4, -0.2) is 34.1 Å². The molecule has 4 aromatic rings. The van der Waals surface area contributed by atoms with Gasteiger partial charge in [0.05, 0.1) is 11.6 Å². The Bertz CT molecular complexity index is 1210. The highest BCUT2D eigenvalue weighted by Crippen LogP contribution is 2.31. The molecular weight excluding hydrogens is 424 g/mol. The fourth-order valence-electron chi connectivity index (χ4n) is 3.29. The number of carbonyl (C=O) groups excluding carboxylic acids is 1. The first-order valence-corrected chi connectivity index (χ1v) is 11.2. The Morgan fingerprint density at radius 2 is 2.03 bits per heavy atom. The van der Waals surface area contributed by atoms with Crippen molar-refractivity contribution in [3.8, 4) is 11.6 Å². The zero-order valence-electron chi connectivity index (χ0n) is 17.7. The van der Waals surface area contributed by atoms with Gasteiger partial charge in [0, 0.05) is 41.6 Å². The van der Waals surface area contributed by atoms with Crippen molar-refractivity contribution in [1.82, 2.24) is 15.3 Å². The van der Waals surface area contributed by atoms with Gasteiger partial charge in [0.15, 0.2) is 0 Å². The van der Waals surface area contributed by atoms with E-state index >= 15 is 0 Å². The number of benzene rings is 1. The zero-order chi connectivity index (χ0) is 22.3. The molecule has 0 unspecified atom stereocenters. The number of hydrogen-bond donors (Lipinski definition) is 3. The molecule has 7 nitrogen and oxygen atoms in total. The standard InChI is InChI=1S/C24H24N4O3S/c1-2-31-21-7-6-17(14-27-21)15-28-22-13-19-20(32-22)9-11-25-23(19)24(30)26-10-8-16-4-3-5-18(29)12-16/h3-7,9,11-14,28-29H,2,8,10,15H2,1H3,(H,26,30). The summed E-state index contributed by atoms with van der Waals surface area (Å²) < 4.78 is 6.36. The molecule has 0 radical (unpaired) electrons. The van der Waals surface area contributed by atoms with Crippen LogP contribution in [0.15, 0.2) is 60.9 Å². The molecule has 8 heteroatoms. The van der Waals surface area contributed by atoms with E-state index in [0.29, 0.717) is 37.7 Å². The number of phenolic OH excluding ortho intramolecular Hbond substituents is 1. The van der Waals surface area contributed by atoms with Gasteiger partial charge < -0.3 is 20.5 Å². The largest absolute Gasteiger partial charge is 0.508 e. The topological polar surface area (TPSA) is 96.4 Å². The smallest absolute Gasteiger partial charge is 0.270 e. The van der Waals surface area contributed by atoms with Gasteiger partial charge >= 0.3 is 0 Å². The number of carbonyl (C=O) groups is 1. The Morgan fingerprint density at radius 1 is 1.12 bits per heavy atom. The predicted molar refractivity (Wildman–Crippen MR) is 126 cm³/mol. The number of thiophene rings is 1. The number of fused-ring (bicyclic) bond motifs is 1. The number of aromatic hydroxyl groups is 1. The van der Waals surface area contributed by atoms with Crippen LogP contribution in [0.4, 0.5) is 5.00 Å². The van der Waals surface area contributed by atoms with Crippen molar-refractivity contribution in [2.24, 2.45) is 0 Å². The molecule has 0 atom stereocenters. The van der Waals surface area contributed by atoms with Gasteiger partial charge in [-0.1, -0.05) is 18.2 Å². The number of nitrogens with one attached hydrogen (secondary N) is 2. The van der Waals surface area contributed by atoms with Gasteiger partial charge in [-0.25, -0.2) is 4.98 Å². The number of anilines is 1. The second-order valence-corrected chi connectivity index (χ2v) is 8.23. The molecule has 0 fully saturated rings. The molecule has 0 saturated carbocycles. The number of amides is 1. The van der Waals surface area contributed by atoms with Crippen molar-refractivity contribution in [1.29, 1.82) is 0 Å². The number of aromatic nitrogens is 2. The van der Waals surface area contributed by atoms with E-state index in [1.54, 1.807) is 41.9 Å². The fraction of sp³-hybridized carbons (Fsp3) is 0.208. The van der Waals surface area contributed by atoms with E-state index in [9.17, 15) is 9.90 Å². The minimum absolute atomic E-state index is 0.212. The van der Waals surface area contributed by atoms with E-state index in [4.69, 9.17) is 4.74 Å². The first-order chi connectivity index (χ1) is 15.6. The van der Waals surface area contributed by atoms with Gasteiger partial charge in [-0.05, 0) is 48.7 Å². The minimum atomic E-state index is -0.212. The molecule has 0 bridgehead atoms. The Balaban J connectivity index is 1.39. The Labute approximate surface area is 190 Å². The van der Waals surface area contributed by atoms with Gasteiger partial charge in [-0.15, -0.1) is 11.3 Å². The molecule has 1 aromatic carbocycles. The lowest BCUT2D eigenvalue weighted by Gasteiger charge is -2.06. The number of rotatable bonds is 9. The van der Waals surface area contributed by atoms with Gasteiger partial charge in [-0.2, -0.15) is 0 Å². The molecule has 32 heavy (non-hydrogen) atoms. The van der Waals surface area contributed by atoms with E-state index in [1.807, 2.05) is 37.3 Å². The zero-order valence-corrected chi connectivity index (χ0v) is 18.5. The van der Waals surface area contributed by atoms with Crippen LogP contribution in [0.2, 0.25) is 0 Å². The first kappa shape index (κ1) is 21.6. The highest BCUT2D eigenvalue weighted by Gasteiger charge is 2.14. The van der Waals surface area contributed by atoms with E-state index < -0.39 is 0 Å². The van der Waals surface area contributed by atoms with Crippen LogP contribution in [-0.2, 0) is 13.0 Å². The van der Waals surface area contributed by atoms with Crippen molar-refractivity contribution in [3.05, 3.63) is 77.7 Å². The van der Waals surface area contributed by atoms with E-state index in [0.717, 1.165) is 26.2 Å². The summed E-state index contributed by atoms with van der Waals surface area (Å²) in [5.74, 6) is 0.624. The first-order valence-electron chi connectivity index (χ1n) is 10.4. The molecule has 0 aliphatic carbocycles. The maximum absolute atomic E-state index is 12.7. The van der Waals surface area contributed by atoms with Crippen molar-refractivity contribution < 1.29 is 14.6 Å². The van der Waals surface area contributed by atoms with Gasteiger partial charge in [0.2, 0.25) is 5.88 Å².